The number of piperazine rings is 1. The number of carbonyl (C=O) groups is 2. The van der Waals surface area contributed by atoms with Gasteiger partial charge < -0.3 is 10.2 Å². The van der Waals surface area contributed by atoms with Crippen LogP contribution in [0.3, 0.4) is 0 Å². The van der Waals surface area contributed by atoms with Crippen LogP contribution in [0.4, 0.5) is 0 Å². The maximum Gasteiger partial charge on any atom is 0.251 e. The average Bonchev–Trinajstić information content (AvgIpc) is 2.83. The lowest BCUT2D eigenvalue weighted by molar-refractivity contribution is -0.135. The summed E-state index contributed by atoms with van der Waals surface area (Å²) >= 11 is 0. The number of amides is 2. The van der Waals surface area contributed by atoms with Crippen molar-refractivity contribution in [1.82, 2.24) is 14.5 Å². The van der Waals surface area contributed by atoms with Crippen molar-refractivity contribution < 1.29 is 18.0 Å². The summed E-state index contributed by atoms with van der Waals surface area (Å²) in [7, 11) is -3.62. The summed E-state index contributed by atoms with van der Waals surface area (Å²) in [6, 6.07) is 13.3. The number of hydrogen-bond donors (Lipinski definition) is 1. The van der Waals surface area contributed by atoms with Gasteiger partial charge in [-0.25, -0.2) is 8.42 Å². The summed E-state index contributed by atoms with van der Waals surface area (Å²) in [5.74, 6) is -0.510. The summed E-state index contributed by atoms with van der Waals surface area (Å²) in [5.41, 5.74) is 2.47. The number of rotatable bonds is 7. The first-order valence-electron chi connectivity index (χ1n) is 11.4. The van der Waals surface area contributed by atoms with Gasteiger partial charge in [0.25, 0.3) is 5.91 Å². The van der Waals surface area contributed by atoms with Crippen LogP contribution < -0.4 is 5.32 Å². The van der Waals surface area contributed by atoms with E-state index in [2.05, 4.69) is 5.32 Å². The molecular weight excluding hydrogens is 438 g/mol. The van der Waals surface area contributed by atoms with E-state index in [9.17, 15) is 18.0 Å². The Kier molecular flexibility index (Phi) is 7.92. The van der Waals surface area contributed by atoms with Crippen molar-refractivity contribution in [3.63, 3.8) is 0 Å². The molecule has 1 aliphatic heterocycles. The molecular formula is C25H33N3O4S. The number of sulfonamides is 1. The first-order valence-corrected chi connectivity index (χ1v) is 12.8. The second-order valence-electron chi connectivity index (χ2n) is 8.68. The molecule has 1 heterocycles. The van der Waals surface area contributed by atoms with Gasteiger partial charge in [-0.1, -0.05) is 44.5 Å². The Bertz CT molecular complexity index is 1090. The summed E-state index contributed by atoms with van der Waals surface area (Å²) in [6.07, 6.45) is 0.729. The number of benzene rings is 2. The van der Waals surface area contributed by atoms with Gasteiger partial charge in [0.2, 0.25) is 15.9 Å². The lowest BCUT2D eigenvalue weighted by Gasteiger charge is -2.37. The second kappa shape index (κ2) is 10.5. The quantitative estimate of drug-likeness (QED) is 0.673. The fourth-order valence-electron chi connectivity index (χ4n) is 3.87. The Labute approximate surface area is 196 Å². The number of nitrogens with zero attached hydrogens (tertiary/aromatic N) is 2. The molecule has 0 radical (unpaired) electrons. The predicted octanol–water partition coefficient (Wildman–Crippen LogP) is 2.98. The zero-order valence-corrected chi connectivity index (χ0v) is 20.6. The highest BCUT2D eigenvalue weighted by molar-refractivity contribution is 7.89. The zero-order valence-electron chi connectivity index (χ0n) is 19.7. The molecule has 0 saturated carbocycles. The Morgan fingerprint density at radius 3 is 2.18 bits per heavy atom. The number of nitrogens with one attached hydrogen (secondary N) is 1. The molecule has 33 heavy (non-hydrogen) atoms. The Morgan fingerprint density at radius 1 is 0.970 bits per heavy atom. The topological polar surface area (TPSA) is 86.8 Å². The van der Waals surface area contributed by atoms with Crippen molar-refractivity contribution in [2.45, 2.75) is 45.1 Å². The minimum Gasteiger partial charge on any atom is -0.340 e. The van der Waals surface area contributed by atoms with Gasteiger partial charge in [0.1, 0.15) is 6.04 Å². The van der Waals surface area contributed by atoms with Crippen LogP contribution >= 0.6 is 0 Å². The van der Waals surface area contributed by atoms with Crippen molar-refractivity contribution >= 4 is 21.8 Å². The van der Waals surface area contributed by atoms with Gasteiger partial charge in [-0.2, -0.15) is 4.31 Å². The van der Waals surface area contributed by atoms with Crippen molar-refractivity contribution in [2.75, 3.05) is 26.2 Å². The molecule has 0 aliphatic carbocycles. The van der Waals surface area contributed by atoms with Crippen molar-refractivity contribution in [2.24, 2.45) is 5.92 Å². The highest BCUT2D eigenvalue weighted by Crippen LogP contribution is 2.21. The van der Waals surface area contributed by atoms with Crippen LogP contribution in [0.25, 0.3) is 0 Å². The standard InChI is InChI=1S/C25H33N3O4S/c1-5-18(2)23(26-24(29)21-9-7-6-8-10-21)25(30)27-13-15-28(16-14-27)33(31,32)22-12-11-19(3)20(4)17-22/h6-12,17-18,23H,5,13-16H2,1-4H3,(H,26,29)/t18-,23-/m0/s1. The maximum atomic E-state index is 13.3. The van der Waals surface area contributed by atoms with Crippen molar-refractivity contribution in [1.29, 1.82) is 0 Å². The van der Waals surface area contributed by atoms with E-state index in [1.54, 1.807) is 41.3 Å². The molecule has 0 spiro atoms. The van der Waals surface area contributed by atoms with Crippen LogP contribution in [-0.4, -0.2) is 61.7 Å². The molecule has 178 valence electrons. The molecule has 0 unspecified atom stereocenters. The molecule has 2 amide bonds. The smallest absolute Gasteiger partial charge is 0.251 e. The maximum absolute atomic E-state index is 13.3. The molecule has 0 bridgehead atoms. The van der Waals surface area contributed by atoms with Crippen LogP contribution in [0.15, 0.2) is 53.4 Å². The summed E-state index contributed by atoms with van der Waals surface area (Å²) in [5, 5.41) is 2.90. The van der Waals surface area contributed by atoms with Crippen molar-refractivity contribution in [3.8, 4) is 0 Å². The molecule has 1 N–H and O–H groups in total. The van der Waals surface area contributed by atoms with Gasteiger partial charge in [-0.3, -0.25) is 9.59 Å². The summed E-state index contributed by atoms with van der Waals surface area (Å²) < 4.78 is 27.6. The second-order valence-corrected chi connectivity index (χ2v) is 10.6. The largest absolute Gasteiger partial charge is 0.340 e. The van der Waals surface area contributed by atoms with E-state index in [1.807, 2.05) is 39.8 Å². The molecule has 0 aromatic heterocycles. The summed E-state index contributed by atoms with van der Waals surface area (Å²) in [6.45, 7) is 8.78. The van der Waals surface area contributed by atoms with Gasteiger partial charge in [0.05, 0.1) is 4.90 Å². The van der Waals surface area contributed by atoms with Crippen molar-refractivity contribution in [3.05, 3.63) is 65.2 Å². The first-order chi connectivity index (χ1) is 15.6. The van der Waals surface area contributed by atoms with Crippen LogP contribution in [0.1, 0.15) is 41.8 Å². The summed E-state index contributed by atoms with van der Waals surface area (Å²) in [4.78, 5) is 27.9. The number of hydrogen-bond acceptors (Lipinski definition) is 4. The van der Waals surface area contributed by atoms with E-state index in [-0.39, 0.29) is 48.8 Å². The van der Waals surface area contributed by atoms with Gasteiger partial charge in [-0.05, 0) is 55.2 Å². The minimum absolute atomic E-state index is 0.0533. The lowest BCUT2D eigenvalue weighted by Crippen LogP contribution is -2.57. The fourth-order valence-corrected chi connectivity index (χ4v) is 5.37. The Morgan fingerprint density at radius 2 is 1.61 bits per heavy atom. The van der Waals surface area contributed by atoms with Crippen LogP contribution in [0.2, 0.25) is 0 Å². The van der Waals surface area contributed by atoms with E-state index in [1.165, 1.54) is 4.31 Å². The van der Waals surface area contributed by atoms with E-state index in [0.29, 0.717) is 5.56 Å². The molecule has 2 atom stereocenters. The van der Waals surface area contributed by atoms with E-state index in [4.69, 9.17) is 0 Å². The average molecular weight is 472 g/mol. The van der Waals surface area contributed by atoms with Gasteiger partial charge in [0.15, 0.2) is 0 Å². The predicted molar refractivity (Wildman–Crippen MR) is 128 cm³/mol. The number of carbonyl (C=O) groups excluding carboxylic acids is 2. The third-order valence-corrected chi connectivity index (χ3v) is 8.36. The van der Waals surface area contributed by atoms with E-state index >= 15 is 0 Å². The van der Waals surface area contributed by atoms with Crippen LogP contribution in [0, 0.1) is 19.8 Å². The van der Waals surface area contributed by atoms with Crippen LogP contribution in [-0.2, 0) is 14.8 Å². The third kappa shape index (κ3) is 5.62. The molecule has 2 aromatic carbocycles. The molecule has 2 aromatic rings. The first kappa shape index (κ1) is 24.9. The molecule has 1 fully saturated rings. The normalized spacial score (nSPS) is 16.8. The Hall–Kier alpha value is -2.71. The molecule has 8 heteroatoms. The molecule has 1 aliphatic rings. The molecule has 7 nitrogen and oxygen atoms in total. The zero-order chi connectivity index (χ0) is 24.2. The van der Waals surface area contributed by atoms with Crippen LogP contribution in [0.5, 0.6) is 0 Å². The highest BCUT2D eigenvalue weighted by Gasteiger charge is 2.35. The van der Waals surface area contributed by atoms with E-state index < -0.39 is 16.1 Å². The lowest BCUT2D eigenvalue weighted by atomic mass is 9.97. The Balaban J connectivity index is 1.69. The third-order valence-electron chi connectivity index (χ3n) is 6.47. The van der Waals surface area contributed by atoms with E-state index in [0.717, 1.165) is 17.5 Å². The highest BCUT2D eigenvalue weighted by atomic mass is 32.2. The minimum atomic E-state index is -3.62. The number of aryl methyl sites for hydroxylation is 2. The molecule has 1 saturated heterocycles. The van der Waals surface area contributed by atoms with Gasteiger partial charge in [0, 0.05) is 31.7 Å². The monoisotopic (exact) mass is 471 g/mol. The van der Waals surface area contributed by atoms with Gasteiger partial charge >= 0.3 is 0 Å². The SMILES string of the molecule is CC[C@H](C)[C@H](NC(=O)c1ccccc1)C(=O)N1CCN(S(=O)(=O)c2ccc(C)c(C)c2)CC1. The fraction of sp³-hybridized carbons (Fsp3) is 0.440. The van der Waals surface area contributed by atoms with Gasteiger partial charge in [-0.15, -0.1) is 0 Å². The molecule has 3 rings (SSSR count).